The Bertz CT molecular complexity index is 485. The summed E-state index contributed by atoms with van der Waals surface area (Å²) in [5, 5.41) is 0.0359. The first-order valence-electron chi connectivity index (χ1n) is 6.62. The zero-order valence-electron chi connectivity index (χ0n) is 10.2. The van der Waals surface area contributed by atoms with Crippen LogP contribution in [0.25, 0.3) is 0 Å². The smallest absolute Gasteiger partial charge is 0.166 e. The van der Waals surface area contributed by atoms with Crippen LogP contribution in [0.2, 0.25) is 5.02 Å². The van der Waals surface area contributed by atoms with Gasteiger partial charge in [-0.1, -0.05) is 24.1 Å². The van der Waals surface area contributed by atoms with Gasteiger partial charge in [0.25, 0.3) is 0 Å². The van der Waals surface area contributed by atoms with E-state index < -0.39 is 5.82 Å². The second-order valence-corrected chi connectivity index (χ2v) is 6.07. The maximum absolute atomic E-state index is 13.8. The van der Waals surface area contributed by atoms with Crippen molar-refractivity contribution in [3.05, 3.63) is 34.6 Å². The highest BCUT2D eigenvalue weighted by Crippen LogP contribution is 2.49. The number of halogens is 2. The van der Waals surface area contributed by atoms with Gasteiger partial charge in [0.15, 0.2) is 11.6 Å². The van der Waals surface area contributed by atoms with Gasteiger partial charge in [-0.2, -0.15) is 0 Å². The van der Waals surface area contributed by atoms with E-state index in [1.807, 2.05) is 0 Å². The number of fused-ring (bicyclic) bond motifs is 2. The molecule has 0 aliphatic heterocycles. The van der Waals surface area contributed by atoms with Crippen molar-refractivity contribution in [3.8, 4) is 0 Å². The van der Waals surface area contributed by atoms with E-state index in [9.17, 15) is 9.18 Å². The molecule has 2 aliphatic carbocycles. The molecule has 0 spiro atoms. The van der Waals surface area contributed by atoms with Crippen LogP contribution >= 0.6 is 11.6 Å². The minimum Gasteiger partial charge on any atom is -0.294 e. The van der Waals surface area contributed by atoms with Crippen molar-refractivity contribution in [2.24, 2.45) is 17.8 Å². The van der Waals surface area contributed by atoms with E-state index in [1.54, 1.807) is 6.07 Å². The minimum absolute atomic E-state index is 0.0359. The minimum atomic E-state index is -0.563. The molecular weight excluding hydrogens is 251 g/mol. The fourth-order valence-electron chi connectivity index (χ4n) is 3.69. The Morgan fingerprint density at radius 1 is 1.33 bits per heavy atom. The van der Waals surface area contributed by atoms with Crippen LogP contribution in [0, 0.1) is 23.6 Å². The Hall–Kier alpha value is -0.890. The van der Waals surface area contributed by atoms with Crippen molar-refractivity contribution in [3.63, 3.8) is 0 Å². The van der Waals surface area contributed by atoms with Gasteiger partial charge in [0, 0.05) is 6.42 Å². The molecule has 2 aliphatic rings. The first kappa shape index (κ1) is 12.2. The second kappa shape index (κ2) is 4.65. The van der Waals surface area contributed by atoms with Crippen molar-refractivity contribution in [1.29, 1.82) is 0 Å². The maximum Gasteiger partial charge on any atom is 0.166 e. The molecule has 2 fully saturated rings. The molecule has 3 heteroatoms. The van der Waals surface area contributed by atoms with Gasteiger partial charge in [0.1, 0.15) is 0 Å². The lowest BCUT2D eigenvalue weighted by Gasteiger charge is -2.20. The summed E-state index contributed by atoms with van der Waals surface area (Å²) in [5.74, 6) is 1.33. The highest BCUT2D eigenvalue weighted by atomic mass is 35.5. The summed E-state index contributed by atoms with van der Waals surface area (Å²) in [5.41, 5.74) is 0.158. The van der Waals surface area contributed by atoms with Crippen molar-refractivity contribution >= 4 is 17.4 Å². The van der Waals surface area contributed by atoms with Crippen LogP contribution in [0.1, 0.15) is 42.5 Å². The van der Waals surface area contributed by atoms with E-state index in [-0.39, 0.29) is 16.4 Å². The topological polar surface area (TPSA) is 17.1 Å². The van der Waals surface area contributed by atoms with Crippen molar-refractivity contribution in [2.75, 3.05) is 0 Å². The number of hydrogen-bond acceptors (Lipinski definition) is 1. The Kier molecular flexibility index (Phi) is 3.14. The zero-order chi connectivity index (χ0) is 12.7. The lowest BCUT2D eigenvalue weighted by atomic mass is 9.84. The highest BCUT2D eigenvalue weighted by molar-refractivity contribution is 6.31. The fraction of sp³-hybridized carbons (Fsp3) is 0.533. The van der Waals surface area contributed by atoms with Crippen LogP contribution in [-0.4, -0.2) is 5.78 Å². The number of benzene rings is 1. The fourth-order valence-corrected chi connectivity index (χ4v) is 3.87. The SMILES string of the molecule is O=C(CC1CC2CCC1C2)c1cccc(Cl)c1F. The Labute approximate surface area is 111 Å². The third-order valence-corrected chi connectivity index (χ3v) is 4.88. The lowest BCUT2D eigenvalue weighted by Crippen LogP contribution is -2.16. The number of Topliss-reactive ketones (excluding diaryl/α,β-unsaturated/α-hetero) is 1. The van der Waals surface area contributed by atoms with Crippen LogP contribution in [0.3, 0.4) is 0 Å². The van der Waals surface area contributed by atoms with Gasteiger partial charge in [0.2, 0.25) is 0 Å². The largest absolute Gasteiger partial charge is 0.294 e. The molecule has 1 aromatic rings. The van der Waals surface area contributed by atoms with Gasteiger partial charge in [-0.25, -0.2) is 4.39 Å². The predicted molar refractivity (Wildman–Crippen MR) is 69.3 cm³/mol. The van der Waals surface area contributed by atoms with E-state index in [0.717, 1.165) is 12.3 Å². The predicted octanol–water partition coefficient (Wildman–Crippen LogP) is 4.49. The number of carbonyl (C=O) groups excluding carboxylic acids is 1. The Balaban J connectivity index is 1.73. The van der Waals surface area contributed by atoms with E-state index in [0.29, 0.717) is 18.3 Å². The summed E-state index contributed by atoms with van der Waals surface area (Å²) >= 11 is 5.71. The van der Waals surface area contributed by atoms with Gasteiger partial charge in [0.05, 0.1) is 10.6 Å². The van der Waals surface area contributed by atoms with Gasteiger partial charge in [-0.3, -0.25) is 4.79 Å². The number of ketones is 1. The third kappa shape index (κ3) is 2.07. The van der Waals surface area contributed by atoms with Crippen LogP contribution in [-0.2, 0) is 0 Å². The van der Waals surface area contributed by atoms with Gasteiger partial charge < -0.3 is 0 Å². The second-order valence-electron chi connectivity index (χ2n) is 5.66. The molecule has 3 rings (SSSR count). The monoisotopic (exact) mass is 266 g/mol. The Morgan fingerprint density at radius 2 is 2.17 bits per heavy atom. The van der Waals surface area contributed by atoms with Gasteiger partial charge in [-0.15, -0.1) is 0 Å². The van der Waals surface area contributed by atoms with Crippen molar-refractivity contribution < 1.29 is 9.18 Å². The molecule has 0 aromatic heterocycles. The standard InChI is InChI=1S/C15H16ClFO/c16-13-3-1-2-12(15(13)17)14(18)8-11-7-9-4-5-10(11)6-9/h1-3,9-11H,4-8H2. The van der Waals surface area contributed by atoms with Crippen LogP contribution < -0.4 is 0 Å². The summed E-state index contributed by atoms with van der Waals surface area (Å²) < 4.78 is 13.8. The normalized spacial score (nSPS) is 29.8. The maximum atomic E-state index is 13.8. The summed E-state index contributed by atoms with van der Waals surface area (Å²) in [4.78, 5) is 12.2. The molecule has 2 bridgehead atoms. The summed E-state index contributed by atoms with van der Waals surface area (Å²) in [6.07, 6.45) is 5.48. The lowest BCUT2D eigenvalue weighted by molar-refractivity contribution is 0.0940. The molecule has 3 atom stereocenters. The third-order valence-electron chi connectivity index (χ3n) is 4.58. The highest BCUT2D eigenvalue weighted by Gasteiger charge is 2.40. The molecule has 1 nitrogen and oxygen atoms in total. The summed E-state index contributed by atoms with van der Waals surface area (Å²) in [7, 11) is 0. The molecule has 2 saturated carbocycles. The van der Waals surface area contributed by atoms with Crippen molar-refractivity contribution in [1.82, 2.24) is 0 Å². The molecule has 0 N–H and O–H groups in total. The van der Waals surface area contributed by atoms with Gasteiger partial charge >= 0.3 is 0 Å². The van der Waals surface area contributed by atoms with E-state index >= 15 is 0 Å². The Morgan fingerprint density at radius 3 is 2.83 bits per heavy atom. The molecule has 18 heavy (non-hydrogen) atoms. The number of carbonyl (C=O) groups is 1. The van der Waals surface area contributed by atoms with E-state index in [2.05, 4.69) is 0 Å². The molecule has 0 heterocycles. The van der Waals surface area contributed by atoms with E-state index in [4.69, 9.17) is 11.6 Å². The summed E-state index contributed by atoms with van der Waals surface area (Å²) in [6.45, 7) is 0. The van der Waals surface area contributed by atoms with Crippen molar-refractivity contribution in [2.45, 2.75) is 32.1 Å². The van der Waals surface area contributed by atoms with E-state index in [1.165, 1.54) is 31.4 Å². The molecule has 0 amide bonds. The first-order chi connectivity index (χ1) is 8.65. The van der Waals surface area contributed by atoms with Crippen LogP contribution in [0.5, 0.6) is 0 Å². The summed E-state index contributed by atoms with van der Waals surface area (Å²) in [6, 6.07) is 4.65. The molecule has 0 radical (unpaired) electrons. The first-order valence-corrected chi connectivity index (χ1v) is 7.00. The molecule has 0 saturated heterocycles. The molecule has 1 aromatic carbocycles. The molecule has 96 valence electrons. The zero-order valence-corrected chi connectivity index (χ0v) is 10.9. The molecule has 3 unspecified atom stereocenters. The van der Waals surface area contributed by atoms with Crippen LogP contribution in [0.15, 0.2) is 18.2 Å². The quantitative estimate of drug-likeness (QED) is 0.737. The van der Waals surface area contributed by atoms with Gasteiger partial charge in [-0.05, 0) is 49.1 Å². The van der Waals surface area contributed by atoms with Crippen LogP contribution in [0.4, 0.5) is 4.39 Å². The average Bonchev–Trinajstić information content (AvgIpc) is 2.94. The average molecular weight is 267 g/mol. The number of rotatable bonds is 3. The number of hydrogen-bond donors (Lipinski definition) is 0. The molecular formula is C15H16ClFO.